The molecule has 1 fully saturated rings. The second-order valence-corrected chi connectivity index (χ2v) is 5.02. The van der Waals surface area contributed by atoms with E-state index < -0.39 is 0 Å². The summed E-state index contributed by atoms with van der Waals surface area (Å²) in [5.41, 5.74) is 1.85. The van der Waals surface area contributed by atoms with Crippen LogP contribution in [0.2, 0.25) is 0 Å². The number of rotatable bonds is 4. The van der Waals surface area contributed by atoms with Crippen LogP contribution in [0.15, 0.2) is 54.6 Å². The molecule has 1 aliphatic rings. The standard InChI is InChI=1S/C17H15NO2/c19-16(12-4-2-1-3-5-12)13-6-8-14(9-7-13)17(20)18-15-10-11-15/h1-9,15H,10-11H2,(H,18,20). The predicted octanol–water partition coefficient (Wildman–Crippen LogP) is 2.81. The molecule has 100 valence electrons. The van der Waals surface area contributed by atoms with Crippen LogP contribution >= 0.6 is 0 Å². The summed E-state index contributed by atoms with van der Waals surface area (Å²) in [5.74, 6) is -0.0917. The van der Waals surface area contributed by atoms with E-state index in [0.29, 0.717) is 22.7 Å². The van der Waals surface area contributed by atoms with Crippen LogP contribution in [0.1, 0.15) is 39.1 Å². The fraction of sp³-hybridized carbons (Fsp3) is 0.176. The van der Waals surface area contributed by atoms with Gasteiger partial charge in [-0.3, -0.25) is 9.59 Å². The van der Waals surface area contributed by atoms with E-state index >= 15 is 0 Å². The van der Waals surface area contributed by atoms with Crippen LogP contribution in [-0.2, 0) is 0 Å². The van der Waals surface area contributed by atoms with Gasteiger partial charge in [-0.05, 0) is 25.0 Å². The Labute approximate surface area is 117 Å². The van der Waals surface area contributed by atoms with Gasteiger partial charge in [-0.25, -0.2) is 0 Å². The van der Waals surface area contributed by atoms with E-state index in [0.717, 1.165) is 12.8 Å². The fourth-order valence-corrected chi connectivity index (χ4v) is 2.03. The van der Waals surface area contributed by atoms with Gasteiger partial charge in [0.2, 0.25) is 0 Å². The van der Waals surface area contributed by atoms with Gasteiger partial charge in [0, 0.05) is 22.7 Å². The summed E-state index contributed by atoms with van der Waals surface area (Å²) >= 11 is 0. The molecule has 1 aliphatic carbocycles. The molecule has 0 heterocycles. The Kier molecular flexibility index (Phi) is 3.33. The highest BCUT2D eigenvalue weighted by Crippen LogP contribution is 2.19. The first-order valence-electron chi connectivity index (χ1n) is 6.75. The van der Waals surface area contributed by atoms with Gasteiger partial charge >= 0.3 is 0 Å². The van der Waals surface area contributed by atoms with E-state index in [-0.39, 0.29) is 11.7 Å². The molecule has 2 aromatic carbocycles. The number of benzene rings is 2. The normalized spacial score (nSPS) is 13.8. The smallest absolute Gasteiger partial charge is 0.251 e. The number of hydrogen-bond donors (Lipinski definition) is 1. The largest absolute Gasteiger partial charge is 0.349 e. The van der Waals surface area contributed by atoms with E-state index in [2.05, 4.69) is 5.32 Å². The average molecular weight is 265 g/mol. The molecule has 0 saturated heterocycles. The lowest BCUT2D eigenvalue weighted by Crippen LogP contribution is -2.25. The molecule has 1 saturated carbocycles. The minimum atomic E-state index is -0.0637. The third-order valence-electron chi connectivity index (χ3n) is 3.36. The van der Waals surface area contributed by atoms with Crippen LogP contribution in [0.4, 0.5) is 0 Å². The van der Waals surface area contributed by atoms with Crippen molar-refractivity contribution in [1.29, 1.82) is 0 Å². The SMILES string of the molecule is O=C(NC1CC1)c1ccc(C(=O)c2ccccc2)cc1. The van der Waals surface area contributed by atoms with Crippen molar-refractivity contribution in [2.45, 2.75) is 18.9 Å². The lowest BCUT2D eigenvalue weighted by Gasteiger charge is -2.05. The number of amides is 1. The van der Waals surface area contributed by atoms with Gasteiger partial charge in [0.15, 0.2) is 5.78 Å². The first kappa shape index (κ1) is 12.6. The minimum Gasteiger partial charge on any atom is -0.349 e. The van der Waals surface area contributed by atoms with Gasteiger partial charge in [0.05, 0.1) is 0 Å². The highest BCUT2D eigenvalue weighted by Gasteiger charge is 2.23. The average Bonchev–Trinajstić information content (AvgIpc) is 3.31. The monoisotopic (exact) mass is 265 g/mol. The minimum absolute atomic E-state index is 0.0280. The maximum absolute atomic E-state index is 12.2. The van der Waals surface area contributed by atoms with Gasteiger partial charge in [-0.1, -0.05) is 42.5 Å². The van der Waals surface area contributed by atoms with Crippen molar-refractivity contribution in [1.82, 2.24) is 5.32 Å². The van der Waals surface area contributed by atoms with Crippen LogP contribution in [-0.4, -0.2) is 17.7 Å². The zero-order valence-electron chi connectivity index (χ0n) is 11.0. The highest BCUT2D eigenvalue weighted by molar-refractivity contribution is 6.09. The van der Waals surface area contributed by atoms with Crippen molar-refractivity contribution in [3.8, 4) is 0 Å². The zero-order chi connectivity index (χ0) is 13.9. The fourth-order valence-electron chi connectivity index (χ4n) is 2.03. The third-order valence-corrected chi connectivity index (χ3v) is 3.36. The number of ketones is 1. The van der Waals surface area contributed by atoms with Gasteiger partial charge in [-0.2, -0.15) is 0 Å². The number of nitrogens with one attached hydrogen (secondary N) is 1. The molecule has 20 heavy (non-hydrogen) atoms. The first-order chi connectivity index (χ1) is 9.74. The molecule has 0 aromatic heterocycles. The van der Waals surface area contributed by atoms with Crippen molar-refractivity contribution in [2.75, 3.05) is 0 Å². The Morgan fingerprint density at radius 3 is 1.95 bits per heavy atom. The quantitative estimate of drug-likeness (QED) is 0.864. The Morgan fingerprint density at radius 1 is 0.800 bits per heavy atom. The van der Waals surface area contributed by atoms with Gasteiger partial charge in [0.1, 0.15) is 0 Å². The maximum atomic E-state index is 12.2. The molecular formula is C17H15NO2. The Balaban J connectivity index is 1.75. The van der Waals surface area contributed by atoms with E-state index in [4.69, 9.17) is 0 Å². The van der Waals surface area contributed by atoms with Crippen LogP contribution in [0.5, 0.6) is 0 Å². The van der Waals surface area contributed by atoms with E-state index in [1.807, 2.05) is 18.2 Å². The molecule has 1 N–H and O–H groups in total. The molecule has 0 unspecified atom stereocenters. The van der Waals surface area contributed by atoms with Crippen molar-refractivity contribution in [3.05, 3.63) is 71.3 Å². The molecule has 3 nitrogen and oxygen atoms in total. The first-order valence-corrected chi connectivity index (χ1v) is 6.75. The summed E-state index contributed by atoms with van der Waals surface area (Å²) in [6.45, 7) is 0. The zero-order valence-corrected chi connectivity index (χ0v) is 11.0. The molecule has 0 radical (unpaired) electrons. The van der Waals surface area contributed by atoms with Gasteiger partial charge in [-0.15, -0.1) is 0 Å². The third kappa shape index (κ3) is 2.77. The van der Waals surface area contributed by atoms with Gasteiger partial charge < -0.3 is 5.32 Å². The van der Waals surface area contributed by atoms with Crippen LogP contribution in [0, 0.1) is 0 Å². The molecule has 0 aliphatic heterocycles. The number of hydrogen-bond acceptors (Lipinski definition) is 2. The molecule has 0 bridgehead atoms. The number of carbonyl (C=O) groups is 2. The van der Waals surface area contributed by atoms with Gasteiger partial charge in [0.25, 0.3) is 5.91 Å². The second-order valence-electron chi connectivity index (χ2n) is 5.02. The molecule has 0 atom stereocenters. The van der Waals surface area contributed by atoms with Crippen molar-refractivity contribution < 1.29 is 9.59 Å². The summed E-state index contributed by atoms with van der Waals surface area (Å²) in [5, 5.41) is 2.93. The lowest BCUT2D eigenvalue weighted by molar-refractivity contribution is 0.0949. The molecule has 1 amide bonds. The van der Waals surface area contributed by atoms with Crippen LogP contribution < -0.4 is 5.32 Å². The summed E-state index contributed by atoms with van der Waals surface area (Å²) in [6, 6.07) is 16.3. The highest BCUT2D eigenvalue weighted by atomic mass is 16.1. The molecule has 0 spiro atoms. The Hall–Kier alpha value is -2.42. The molecule has 3 rings (SSSR count). The van der Waals surface area contributed by atoms with E-state index in [1.165, 1.54) is 0 Å². The Morgan fingerprint density at radius 2 is 1.35 bits per heavy atom. The van der Waals surface area contributed by atoms with Crippen LogP contribution in [0.25, 0.3) is 0 Å². The molecule has 3 heteroatoms. The lowest BCUT2D eigenvalue weighted by atomic mass is 10.0. The summed E-state index contributed by atoms with van der Waals surface area (Å²) < 4.78 is 0. The maximum Gasteiger partial charge on any atom is 0.251 e. The topological polar surface area (TPSA) is 46.2 Å². The van der Waals surface area contributed by atoms with Crippen molar-refractivity contribution in [2.24, 2.45) is 0 Å². The Bertz CT molecular complexity index is 628. The summed E-state index contributed by atoms with van der Waals surface area (Å²) in [6.07, 6.45) is 2.13. The van der Waals surface area contributed by atoms with Crippen molar-refractivity contribution in [3.63, 3.8) is 0 Å². The summed E-state index contributed by atoms with van der Waals surface area (Å²) in [4.78, 5) is 24.1. The van der Waals surface area contributed by atoms with E-state index in [1.54, 1.807) is 36.4 Å². The van der Waals surface area contributed by atoms with Crippen molar-refractivity contribution >= 4 is 11.7 Å². The predicted molar refractivity (Wildman–Crippen MR) is 76.8 cm³/mol. The number of carbonyl (C=O) groups excluding carboxylic acids is 2. The second kappa shape index (κ2) is 5.29. The van der Waals surface area contributed by atoms with Crippen LogP contribution in [0.3, 0.4) is 0 Å². The van der Waals surface area contributed by atoms with E-state index in [9.17, 15) is 9.59 Å². The summed E-state index contributed by atoms with van der Waals surface area (Å²) in [7, 11) is 0. The molecule has 2 aromatic rings. The molecular weight excluding hydrogens is 250 g/mol.